The predicted molar refractivity (Wildman–Crippen MR) is 94.1 cm³/mol. The highest BCUT2D eigenvalue weighted by Crippen LogP contribution is 2.31. The van der Waals surface area contributed by atoms with E-state index in [4.69, 9.17) is 19.9 Å². The summed E-state index contributed by atoms with van der Waals surface area (Å²) in [6.07, 6.45) is 1.57. The summed E-state index contributed by atoms with van der Waals surface area (Å²) in [5.74, 6) is 0.555. The van der Waals surface area contributed by atoms with Crippen LogP contribution in [0.25, 0.3) is 10.9 Å². The minimum Gasteiger partial charge on any atom is -0.490 e. The van der Waals surface area contributed by atoms with Crippen molar-refractivity contribution < 1.29 is 19.0 Å². The van der Waals surface area contributed by atoms with Gasteiger partial charge in [0.15, 0.2) is 0 Å². The van der Waals surface area contributed by atoms with Gasteiger partial charge < -0.3 is 25.3 Å². The highest BCUT2D eigenvalue weighted by molar-refractivity contribution is 6.01. The fraction of sp³-hybridized carbons (Fsp3) is 0.444. The lowest BCUT2D eigenvalue weighted by Crippen LogP contribution is -2.41. The first-order valence-corrected chi connectivity index (χ1v) is 8.39. The third kappa shape index (κ3) is 4.18. The summed E-state index contributed by atoms with van der Waals surface area (Å²) in [5, 5.41) is 4.04. The molecule has 1 aliphatic heterocycles. The minimum atomic E-state index is -0.549. The average molecular weight is 345 g/mol. The molecule has 7 heteroatoms. The Bertz CT molecular complexity index is 757. The first kappa shape index (κ1) is 17.4. The summed E-state index contributed by atoms with van der Waals surface area (Å²) in [4.78, 5) is 16.0. The number of pyridine rings is 1. The smallest absolute Gasteiger partial charge is 0.252 e. The molecule has 1 atom stereocenters. The zero-order valence-corrected chi connectivity index (χ0v) is 14.5. The zero-order valence-electron chi connectivity index (χ0n) is 14.5. The minimum absolute atomic E-state index is 0.00763. The largest absolute Gasteiger partial charge is 0.490 e. The molecule has 0 saturated carbocycles. The van der Waals surface area contributed by atoms with Crippen LogP contribution in [0.2, 0.25) is 0 Å². The molecule has 3 rings (SSSR count). The summed E-state index contributed by atoms with van der Waals surface area (Å²) in [5.41, 5.74) is 6.41. The van der Waals surface area contributed by atoms with E-state index in [1.165, 1.54) is 0 Å². The second-order valence-corrected chi connectivity index (χ2v) is 6.21. The Balaban J connectivity index is 1.91. The number of hydrogen-bond donors (Lipinski definition) is 2. The SMILES string of the molecule is CC(C)Oc1cc2c(OCC3CNCCO3)ccnc2cc1C(N)=O. The van der Waals surface area contributed by atoms with Gasteiger partial charge in [0.25, 0.3) is 5.91 Å². The van der Waals surface area contributed by atoms with Gasteiger partial charge in [-0.1, -0.05) is 0 Å². The van der Waals surface area contributed by atoms with Gasteiger partial charge in [-0.05, 0) is 32.0 Å². The van der Waals surface area contributed by atoms with E-state index in [1.807, 2.05) is 13.8 Å². The summed E-state index contributed by atoms with van der Waals surface area (Å²) in [6.45, 7) is 6.52. The maximum absolute atomic E-state index is 11.7. The third-order valence-electron chi connectivity index (χ3n) is 3.86. The van der Waals surface area contributed by atoms with Crippen LogP contribution in [-0.2, 0) is 4.74 Å². The van der Waals surface area contributed by atoms with Gasteiger partial charge in [-0.15, -0.1) is 0 Å². The van der Waals surface area contributed by atoms with Crippen LogP contribution in [0.15, 0.2) is 24.4 Å². The first-order valence-electron chi connectivity index (χ1n) is 8.39. The van der Waals surface area contributed by atoms with E-state index in [0.29, 0.717) is 35.8 Å². The lowest BCUT2D eigenvalue weighted by atomic mass is 10.1. The number of hydrogen-bond acceptors (Lipinski definition) is 6. The van der Waals surface area contributed by atoms with Gasteiger partial charge >= 0.3 is 0 Å². The number of nitrogens with zero attached hydrogens (tertiary/aromatic N) is 1. The molecule has 1 saturated heterocycles. The number of carbonyl (C=O) groups excluding carboxylic acids is 1. The highest BCUT2D eigenvalue weighted by atomic mass is 16.5. The Hall–Kier alpha value is -2.38. The van der Waals surface area contributed by atoms with E-state index in [-0.39, 0.29) is 12.2 Å². The second kappa shape index (κ2) is 7.67. The van der Waals surface area contributed by atoms with Crippen molar-refractivity contribution in [2.24, 2.45) is 5.73 Å². The first-order chi connectivity index (χ1) is 12.0. The van der Waals surface area contributed by atoms with E-state index in [9.17, 15) is 4.79 Å². The van der Waals surface area contributed by atoms with Crippen LogP contribution in [0, 0.1) is 0 Å². The molecule has 1 fully saturated rings. The molecular formula is C18H23N3O4. The van der Waals surface area contributed by atoms with Crippen LogP contribution in [0.4, 0.5) is 0 Å². The summed E-state index contributed by atoms with van der Waals surface area (Å²) < 4.78 is 17.3. The molecule has 0 aliphatic carbocycles. The fourth-order valence-corrected chi connectivity index (χ4v) is 2.73. The molecule has 2 heterocycles. The average Bonchev–Trinajstić information content (AvgIpc) is 2.59. The number of ether oxygens (including phenoxy) is 3. The Labute approximate surface area is 146 Å². The van der Waals surface area contributed by atoms with Gasteiger partial charge in [-0.2, -0.15) is 0 Å². The van der Waals surface area contributed by atoms with Crippen molar-refractivity contribution in [3.05, 3.63) is 30.0 Å². The van der Waals surface area contributed by atoms with Crippen LogP contribution < -0.4 is 20.5 Å². The highest BCUT2D eigenvalue weighted by Gasteiger charge is 2.17. The summed E-state index contributed by atoms with van der Waals surface area (Å²) in [7, 11) is 0. The molecule has 3 N–H and O–H groups in total. The van der Waals surface area contributed by atoms with Crippen LogP contribution >= 0.6 is 0 Å². The maximum Gasteiger partial charge on any atom is 0.252 e. The Morgan fingerprint density at radius 1 is 1.44 bits per heavy atom. The van der Waals surface area contributed by atoms with Gasteiger partial charge in [0.2, 0.25) is 0 Å². The van der Waals surface area contributed by atoms with Crippen molar-refractivity contribution in [1.29, 1.82) is 0 Å². The number of morpholine rings is 1. The van der Waals surface area contributed by atoms with E-state index in [1.54, 1.807) is 24.4 Å². The third-order valence-corrected chi connectivity index (χ3v) is 3.86. The molecule has 0 bridgehead atoms. The molecule has 1 aliphatic rings. The van der Waals surface area contributed by atoms with Crippen LogP contribution in [-0.4, -0.2) is 49.4 Å². The van der Waals surface area contributed by atoms with Crippen LogP contribution in [0.1, 0.15) is 24.2 Å². The number of fused-ring (bicyclic) bond motifs is 1. The number of amides is 1. The number of primary amides is 1. The fourth-order valence-electron chi connectivity index (χ4n) is 2.73. The van der Waals surface area contributed by atoms with E-state index in [0.717, 1.165) is 18.5 Å². The summed E-state index contributed by atoms with van der Waals surface area (Å²) in [6, 6.07) is 5.19. The van der Waals surface area contributed by atoms with Crippen molar-refractivity contribution >= 4 is 16.8 Å². The second-order valence-electron chi connectivity index (χ2n) is 6.21. The Kier molecular flexibility index (Phi) is 5.35. The van der Waals surface area contributed by atoms with Gasteiger partial charge in [0, 0.05) is 24.7 Å². The maximum atomic E-state index is 11.7. The molecule has 134 valence electrons. The molecule has 1 aromatic heterocycles. The molecule has 1 unspecified atom stereocenters. The molecule has 1 amide bonds. The number of benzene rings is 1. The quantitative estimate of drug-likeness (QED) is 0.823. The topological polar surface area (TPSA) is 95.7 Å². The molecular weight excluding hydrogens is 322 g/mol. The number of aromatic nitrogens is 1. The number of rotatable bonds is 6. The lowest BCUT2D eigenvalue weighted by molar-refractivity contribution is 0.000500. The zero-order chi connectivity index (χ0) is 17.8. The van der Waals surface area contributed by atoms with Crippen molar-refractivity contribution in [3.63, 3.8) is 0 Å². The molecule has 0 radical (unpaired) electrons. The van der Waals surface area contributed by atoms with Gasteiger partial charge in [-0.25, -0.2) is 0 Å². The van der Waals surface area contributed by atoms with Crippen molar-refractivity contribution in [1.82, 2.24) is 10.3 Å². The number of nitrogens with one attached hydrogen (secondary N) is 1. The van der Waals surface area contributed by atoms with Crippen molar-refractivity contribution in [2.45, 2.75) is 26.1 Å². The Morgan fingerprint density at radius 3 is 2.96 bits per heavy atom. The van der Waals surface area contributed by atoms with Crippen molar-refractivity contribution in [2.75, 3.05) is 26.3 Å². The monoisotopic (exact) mass is 345 g/mol. The molecule has 0 spiro atoms. The van der Waals surface area contributed by atoms with E-state index in [2.05, 4.69) is 10.3 Å². The molecule has 7 nitrogen and oxygen atoms in total. The molecule has 1 aromatic carbocycles. The normalized spacial score (nSPS) is 17.6. The van der Waals surface area contributed by atoms with Crippen molar-refractivity contribution in [3.8, 4) is 11.5 Å². The lowest BCUT2D eigenvalue weighted by Gasteiger charge is -2.24. The number of nitrogens with two attached hydrogens (primary N) is 1. The van der Waals surface area contributed by atoms with Crippen LogP contribution in [0.3, 0.4) is 0 Å². The van der Waals surface area contributed by atoms with E-state index >= 15 is 0 Å². The van der Waals surface area contributed by atoms with Crippen LogP contribution in [0.5, 0.6) is 11.5 Å². The van der Waals surface area contributed by atoms with Gasteiger partial charge in [-0.3, -0.25) is 9.78 Å². The van der Waals surface area contributed by atoms with E-state index < -0.39 is 5.91 Å². The molecule has 2 aromatic rings. The molecule has 25 heavy (non-hydrogen) atoms. The Morgan fingerprint density at radius 2 is 2.28 bits per heavy atom. The predicted octanol–water partition coefficient (Wildman–Crippen LogP) is 1.49. The number of carbonyl (C=O) groups is 1. The summed E-state index contributed by atoms with van der Waals surface area (Å²) >= 11 is 0. The van der Waals surface area contributed by atoms with Gasteiger partial charge in [0.1, 0.15) is 24.2 Å². The van der Waals surface area contributed by atoms with Gasteiger partial charge in [0.05, 0.1) is 23.8 Å². The standard InChI is InChI=1S/C18H23N3O4/c1-11(2)25-17-8-13-15(7-14(17)18(19)22)21-4-3-16(13)24-10-12-9-20-5-6-23-12/h3-4,7-8,11-12,20H,5-6,9-10H2,1-2H3,(H2,19,22).